The highest BCUT2D eigenvalue weighted by Crippen LogP contribution is 2.22. The van der Waals surface area contributed by atoms with Gasteiger partial charge in [0.25, 0.3) is 0 Å². The van der Waals surface area contributed by atoms with Crippen molar-refractivity contribution in [3.8, 4) is 0 Å². The van der Waals surface area contributed by atoms with Crippen molar-refractivity contribution in [1.29, 1.82) is 0 Å². The predicted octanol–water partition coefficient (Wildman–Crippen LogP) is 2.44. The molecule has 0 saturated carbocycles. The number of esters is 1. The molecule has 0 aliphatic carbocycles. The minimum Gasteiger partial charge on any atom is -0.460 e. The molecule has 0 radical (unpaired) electrons. The highest BCUT2D eigenvalue weighted by molar-refractivity contribution is 5.66. The lowest BCUT2D eigenvalue weighted by Gasteiger charge is -2.26. The monoisotopic (exact) mass is 214 g/mol. The summed E-state index contributed by atoms with van der Waals surface area (Å²) in [4.78, 5) is 10.8. The van der Waals surface area contributed by atoms with Gasteiger partial charge in [-0.3, -0.25) is 4.79 Å². The van der Waals surface area contributed by atoms with E-state index in [-0.39, 0.29) is 5.97 Å². The fourth-order valence-corrected chi connectivity index (χ4v) is 1.41. The van der Waals surface area contributed by atoms with Gasteiger partial charge in [-0.25, -0.2) is 0 Å². The molecule has 0 bridgehead atoms. The predicted molar refractivity (Wildman–Crippen MR) is 60.5 cm³/mol. The SMILES string of the molecule is C=CC(C)(O)CCCC(C)(C)OC(C)=O. The summed E-state index contributed by atoms with van der Waals surface area (Å²) in [5.41, 5.74) is -1.28. The third-order valence-electron chi connectivity index (χ3n) is 2.32. The number of aliphatic hydroxyl groups is 1. The molecule has 0 aromatic carbocycles. The summed E-state index contributed by atoms with van der Waals surface area (Å²) in [5, 5.41) is 9.68. The molecule has 15 heavy (non-hydrogen) atoms. The van der Waals surface area contributed by atoms with Crippen LogP contribution in [0.4, 0.5) is 0 Å². The van der Waals surface area contributed by atoms with Gasteiger partial charge in [-0.15, -0.1) is 6.58 Å². The van der Waals surface area contributed by atoms with Gasteiger partial charge in [0.05, 0.1) is 5.60 Å². The number of ether oxygens (including phenoxy) is 1. The Kier molecular flexibility index (Phi) is 5.01. The Morgan fingerprint density at radius 1 is 1.40 bits per heavy atom. The van der Waals surface area contributed by atoms with Crippen molar-refractivity contribution < 1.29 is 14.6 Å². The molecule has 0 fully saturated rings. The molecule has 0 aliphatic rings. The van der Waals surface area contributed by atoms with Gasteiger partial charge >= 0.3 is 5.97 Å². The van der Waals surface area contributed by atoms with E-state index in [1.54, 1.807) is 6.92 Å². The summed E-state index contributed by atoms with van der Waals surface area (Å²) in [6.45, 7) is 10.4. The first-order valence-corrected chi connectivity index (χ1v) is 5.24. The van der Waals surface area contributed by atoms with E-state index in [4.69, 9.17) is 4.74 Å². The number of carbonyl (C=O) groups excluding carboxylic acids is 1. The van der Waals surface area contributed by atoms with Crippen LogP contribution in [0.15, 0.2) is 12.7 Å². The first kappa shape index (κ1) is 14.2. The fourth-order valence-electron chi connectivity index (χ4n) is 1.41. The smallest absolute Gasteiger partial charge is 0.303 e. The second-order valence-corrected chi connectivity index (χ2v) is 4.77. The summed E-state index contributed by atoms with van der Waals surface area (Å²) in [6.07, 6.45) is 3.68. The van der Waals surface area contributed by atoms with Gasteiger partial charge in [0, 0.05) is 6.92 Å². The van der Waals surface area contributed by atoms with Gasteiger partial charge in [-0.2, -0.15) is 0 Å². The molecule has 0 spiro atoms. The normalized spacial score (nSPS) is 15.5. The summed E-state index contributed by atoms with van der Waals surface area (Å²) >= 11 is 0. The molecule has 3 heteroatoms. The highest BCUT2D eigenvalue weighted by Gasteiger charge is 2.23. The van der Waals surface area contributed by atoms with E-state index in [0.717, 1.165) is 12.8 Å². The van der Waals surface area contributed by atoms with Gasteiger partial charge in [0.2, 0.25) is 0 Å². The maximum absolute atomic E-state index is 10.8. The third-order valence-corrected chi connectivity index (χ3v) is 2.32. The Bertz CT molecular complexity index is 229. The van der Waals surface area contributed by atoms with E-state index in [2.05, 4.69) is 6.58 Å². The Morgan fingerprint density at radius 2 is 1.93 bits per heavy atom. The number of rotatable bonds is 6. The quantitative estimate of drug-likeness (QED) is 0.545. The molecule has 0 aromatic heterocycles. The lowest BCUT2D eigenvalue weighted by atomic mass is 9.94. The van der Waals surface area contributed by atoms with E-state index < -0.39 is 11.2 Å². The van der Waals surface area contributed by atoms with E-state index in [0.29, 0.717) is 6.42 Å². The number of hydrogen-bond donors (Lipinski definition) is 1. The molecule has 1 N–H and O–H groups in total. The van der Waals surface area contributed by atoms with Crippen LogP contribution in [0.1, 0.15) is 47.0 Å². The van der Waals surface area contributed by atoms with Crippen LogP contribution in [-0.2, 0) is 9.53 Å². The average molecular weight is 214 g/mol. The Balaban J connectivity index is 3.94. The van der Waals surface area contributed by atoms with Crippen LogP contribution in [0, 0.1) is 0 Å². The standard InChI is InChI=1S/C12H22O3/c1-6-12(5,14)9-7-8-11(3,4)15-10(2)13/h6,14H,1,7-9H2,2-5H3. The summed E-state index contributed by atoms with van der Waals surface area (Å²) in [7, 11) is 0. The zero-order valence-corrected chi connectivity index (χ0v) is 10.2. The van der Waals surface area contributed by atoms with Gasteiger partial charge in [0.15, 0.2) is 0 Å². The molecule has 0 aromatic rings. The summed E-state index contributed by atoms with van der Waals surface area (Å²) in [5.74, 6) is -0.268. The molecule has 0 rings (SSSR count). The molecule has 1 atom stereocenters. The molecular formula is C12H22O3. The molecule has 0 aliphatic heterocycles. The maximum atomic E-state index is 10.8. The van der Waals surface area contributed by atoms with Crippen LogP contribution in [0.3, 0.4) is 0 Å². The fraction of sp³-hybridized carbons (Fsp3) is 0.750. The molecule has 0 amide bonds. The van der Waals surface area contributed by atoms with Crippen molar-refractivity contribution in [3.63, 3.8) is 0 Å². The van der Waals surface area contributed by atoms with Crippen LogP contribution in [0.25, 0.3) is 0 Å². The van der Waals surface area contributed by atoms with Crippen molar-refractivity contribution in [2.75, 3.05) is 0 Å². The van der Waals surface area contributed by atoms with Crippen molar-refractivity contribution >= 4 is 5.97 Å². The first-order chi connectivity index (χ1) is 6.68. The molecule has 3 nitrogen and oxygen atoms in total. The van der Waals surface area contributed by atoms with Crippen molar-refractivity contribution in [3.05, 3.63) is 12.7 Å². The van der Waals surface area contributed by atoms with Crippen molar-refractivity contribution in [2.24, 2.45) is 0 Å². The van der Waals surface area contributed by atoms with Gasteiger partial charge in [0.1, 0.15) is 5.60 Å². The van der Waals surface area contributed by atoms with E-state index in [1.807, 2.05) is 13.8 Å². The molecule has 0 saturated heterocycles. The lowest BCUT2D eigenvalue weighted by molar-refractivity contribution is -0.154. The van der Waals surface area contributed by atoms with Crippen LogP contribution in [0.2, 0.25) is 0 Å². The minimum absolute atomic E-state index is 0.268. The molecule has 88 valence electrons. The van der Waals surface area contributed by atoms with Crippen LogP contribution in [0.5, 0.6) is 0 Å². The number of carbonyl (C=O) groups is 1. The number of hydrogen-bond acceptors (Lipinski definition) is 3. The van der Waals surface area contributed by atoms with E-state index in [1.165, 1.54) is 13.0 Å². The van der Waals surface area contributed by atoms with E-state index >= 15 is 0 Å². The van der Waals surface area contributed by atoms with Gasteiger partial charge < -0.3 is 9.84 Å². The van der Waals surface area contributed by atoms with Crippen molar-refractivity contribution in [2.45, 2.75) is 58.2 Å². The average Bonchev–Trinajstić information content (AvgIpc) is 2.00. The summed E-state index contributed by atoms with van der Waals surface area (Å²) < 4.78 is 5.14. The van der Waals surface area contributed by atoms with Crippen molar-refractivity contribution in [1.82, 2.24) is 0 Å². The topological polar surface area (TPSA) is 46.5 Å². The Morgan fingerprint density at radius 3 is 2.33 bits per heavy atom. The zero-order valence-electron chi connectivity index (χ0n) is 10.2. The van der Waals surface area contributed by atoms with E-state index in [9.17, 15) is 9.90 Å². The van der Waals surface area contributed by atoms with Crippen LogP contribution in [-0.4, -0.2) is 22.3 Å². The van der Waals surface area contributed by atoms with Gasteiger partial charge in [-0.05, 0) is 40.0 Å². The Labute approximate surface area is 92.1 Å². The maximum Gasteiger partial charge on any atom is 0.303 e. The van der Waals surface area contributed by atoms with Crippen LogP contribution >= 0.6 is 0 Å². The Hall–Kier alpha value is -0.830. The van der Waals surface area contributed by atoms with Crippen LogP contribution < -0.4 is 0 Å². The molecular weight excluding hydrogens is 192 g/mol. The molecule has 0 heterocycles. The first-order valence-electron chi connectivity index (χ1n) is 5.24. The summed E-state index contributed by atoms with van der Waals surface area (Å²) in [6, 6.07) is 0. The largest absolute Gasteiger partial charge is 0.460 e. The molecule has 1 unspecified atom stereocenters. The lowest BCUT2D eigenvalue weighted by Crippen LogP contribution is -2.28. The second-order valence-electron chi connectivity index (χ2n) is 4.77. The van der Waals surface area contributed by atoms with Gasteiger partial charge in [-0.1, -0.05) is 6.08 Å². The minimum atomic E-state index is -0.827. The third kappa shape index (κ3) is 7.14. The second kappa shape index (κ2) is 5.31. The highest BCUT2D eigenvalue weighted by atomic mass is 16.6. The zero-order chi connectivity index (χ0) is 12.1.